The maximum absolute atomic E-state index is 13.5. The number of aromatic nitrogens is 5. The number of hydrogen-bond acceptors (Lipinski definition) is 6. The third kappa shape index (κ3) is 3.03. The number of aromatic amines is 1. The SMILES string of the molecule is OC(c1ocnc1C1CC1)N1CCc2[nH]cnc2[C@H]1c1cc2c(C(F)(F)F)cccn2n1. The van der Waals surface area contributed by atoms with Crippen LogP contribution in [0.1, 0.15) is 65.1 Å². The molecule has 4 aromatic heterocycles. The van der Waals surface area contributed by atoms with E-state index >= 15 is 0 Å². The lowest BCUT2D eigenvalue weighted by atomic mass is 9.98. The van der Waals surface area contributed by atoms with Gasteiger partial charge in [0.2, 0.25) is 0 Å². The fourth-order valence-electron chi connectivity index (χ4n) is 4.55. The van der Waals surface area contributed by atoms with Gasteiger partial charge in [0.05, 0.1) is 34.5 Å². The number of rotatable bonds is 4. The standard InChI is InChI=1S/C21H19F3N6O2/c22-21(23,24)12-2-1-6-30-15(12)8-14(28-30)18-17-13(25-9-26-17)5-7-29(18)20(31)19-16(11-3-4-11)27-10-32-19/h1-2,6,8-11,18,20,31H,3-5,7H2,(H,25,26)/t18-,20?/m1/s1. The third-order valence-corrected chi connectivity index (χ3v) is 6.21. The third-order valence-electron chi connectivity index (χ3n) is 6.21. The first kappa shape index (κ1) is 19.5. The predicted molar refractivity (Wildman–Crippen MR) is 104 cm³/mol. The summed E-state index contributed by atoms with van der Waals surface area (Å²) < 4.78 is 47.4. The molecule has 4 aromatic rings. The minimum Gasteiger partial charge on any atom is -0.444 e. The summed E-state index contributed by atoms with van der Waals surface area (Å²) in [5.41, 5.74) is 1.77. The van der Waals surface area contributed by atoms with Gasteiger partial charge in [0.15, 0.2) is 18.4 Å². The predicted octanol–water partition coefficient (Wildman–Crippen LogP) is 3.58. The molecular weight excluding hydrogens is 425 g/mol. The Balaban J connectivity index is 1.47. The van der Waals surface area contributed by atoms with Crippen molar-refractivity contribution in [1.29, 1.82) is 0 Å². The second-order valence-electron chi connectivity index (χ2n) is 8.23. The van der Waals surface area contributed by atoms with Crippen LogP contribution in [0.3, 0.4) is 0 Å². The molecule has 6 rings (SSSR count). The molecule has 1 aliphatic carbocycles. The average molecular weight is 444 g/mol. The Kier molecular flexibility index (Phi) is 4.21. The minimum absolute atomic E-state index is 0.0505. The summed E-state index contributed by atoms with van der Waals surface area (Å²) in [6.07, 6.45) is 1.29. The summed E-state index contributed by atoms with van der Waals surface area (Å²) in [5, 5.41) is 15.7. The van der Waals surface area contributed by atoms with Crippen molar-refractivity contribution < 1.29 is 22.7 Å². The zero-order valence-corrected chi connectivity index (χ0v) is 16.8. The lowest BCUT2D eigenvalue weighted by Gasteiger charge is -2.36. The Hall–Kier alpha value is -3.18. The molecule has 0 radical (unpaired) electrons. The van der Waals surface area contributed by atoms with Crippen molar-refractivity contribution in [2.45, 2.75) is 43.6 Å². The smallest absolute Gasteiger partial charge is 0.418 e. The van der Waals surface area contributed by atoms with Gasteiger partial charge < -0.3 is 14.5 Å². The van der Waals surface area contributed by atoms with Gasteiger partial charge in [-0.05, 0) is 31.0 Å². The molecule has 1 saturated carbocycles. The number of H-pyrrole nitrogens is 1. The first-order valence-electron chi connectivity index (χ1n) is 10.4. The van der Waals surface area contributed by atoms with Gasteiger partial charge in [0.25, 0.3) is 0 Å². The highest BCUT2D eigenvalue weighted by molar-refractivity contribution is 5.57. The molecule has 1 unspecified atom stereocenters. The van der Waals surface area contributed by atoms with E-state index in [1.54, 1.807) is 11.2 Å². The first-order valence-corrected chi connectivity index (χ1v) is 10.4. The monoisotopic (exact) mass is 444 g/mol. The summed E-state index contributed by atoms with van der Waals surface area (Å²) >= 11 is 0. The molecule has 11 heteroatoms. The van der Waals surface area contributed by atoms with E-state index in [2.05, 4.69) is 20.1 Å². The van der Waals surface area contributed by atoms with Gasteiger partial charge in [-0.15, -0.1) is 0 Å². The number of nitrogens with zero attached hydrogens (tertiary/aromatic N) is 5. The van der Waals surface area contributed by atoms with E-state index in [-0.39, 0.29) is 11.4 Å². The van der Waals surface area contributed by atoms with Gasteiger partial charge in [-0.25, -0.2) is 14.5 Å². The maximum Gasteiger partial charge on any atom is 0.418 e. The van der Waals surface area contributed by atoms with Gasteiger partial charge in [-0.1, -0.05) is 0 Å². The molecule has 32 heavy (non-hydrogen) atoms. The van der Waals surface area contributed by atoms with E-state index in [4.69, 9.17) is 4.42 Å². The van der Waals surface area contributed by atoms with Crippen molar-refractivity contribution in [1.82, 2.24) is 29.5 Å². The summed E-state index contributed by atoms with van der Waals surface area (Å²) in [7, 11) is 0. The van der Waals surface area contributed by atoms with E-state index in [1.807, 2.05) is 0 Å². The number of hydrogen-bond donors (Lipinski definition) is 2. The van der Waals surface area contributed by atoms with Crippen LogP contribution >= 0.6 is 0 Å². The van der Waals surface area contributed by atoms with E-state index in [0.717, 1.165) is 30.3 Å². The molecule has 0 spiro atoms. The van der Waals surface area contributed by atoms with Gasteiger partial charge in [-0.2, -0.15) is 18.3 Å². The van der Waals surface area contributed by atoms with Crippen LogP contribution in [0.2, 0.25) is 0 Å². The number of imidazole rings is 1. The second kappa shape index (κ2) is 6.91. The van der Waals surface area contributed by atoms with Crippen LogP contribution in [0.5, 0.6) is 0 Å². The van der Waals surface area contributed by atoms with Gasteiger partial charge >= 0.3 is 6.18 Å². The average Bonchev–Trinajstić information content (AvgIpc) is 3.18. The van der Waals surface area contributed by atoms with Crippen molar-refractivity contribution in [3.63, 3.8) is 0 Å². The quantitative estimate of drug-likeness (QED) is 0.500. The van der Waals surface area contributed by atoms with Crippen molar-refractivity contribution >= 4 is 5.52 Å². The summed E-state index contributed by atoms with van der Waals surface area (Å²) in [4.78, 5) is 13.5. The Morgan fingerprint density at radius 1 is 1.22 bits per heavy atom. The summed E-state index contributed by atoms with van der Waals surface area (Å²) in [6.45, 7) is 0.436. The fraction of sp³-hybridized carbons (Fsp3) is 0.381. The van der Waals surface area contributed by atoms with Crippen LogP contribution in [-0.2, 0) is 12.6 Å². The van der Waals surface area contributed by atoms with E-state index in [1.165, 1.54) is 29.2 Å². The van der Waals surface area contributed by atoms with E-state index in [0.29, 0.717) is 30.1 Å². The van der Waals surface area contributed by atoms with E-state index in [9.17, 15) is 18.3 Å². The highest BCUT2D eigenvalue weighted by atomic mass is 19.4. The van der Waals surface area contributed by atoms with Gasteiger partial charge in [0, 0.05) is 30.8 Å². The molecule has 1 fully saturated rings. The fourth-order valence-corrected chi connectivity index (χ4v) is 4.55. The van der Waals surface area contributed by atoms with Crippen LogP contribution in [0, 0.1) is 0 Å². The highest BCUT2D eigenvalue weighted by Crippen LogP contribution is 2.45. The Morgan fingerprint density at radius 3 is 2.84 bits per heavy atom. The number of aliphatic hydroxyl groups excluding tert-OH is 1. The van der Waals surface area contributed by atoms with Crippen LogP contribution in [0.25, 0.3) is 5.52 Å². The van der Waals surface area contributed by atoms with Crippen molar-refractivity contribution in [2.24, 2.45) is 0 Å². The van der Waals surface area contributed by atoms with Gasteiger partial charge in [0.1, 0.15) is 6.04 Å². The molecule has 0 amide bonds. The van der Waals surface area contributed by atoms with Crippen LogP contribution in [-0.4, -0.2) is 41.1 Å². The zero-order chi connectivity index (χ0) is 22.0. The minimum atomic E-state index is -4.51. The number of alkyl halides is 3. The molecule has 0 aromatic carbocycles. The molecule has 5 heterocycles. The molecular formula is C21H19F3N6O2. The summed E-state index contributed by atoms with van der Waals surface area (Å²) in [5.74, 6) is 0.642. The molecule has 2 N–H and O–H groups in total. The van der Waals surface area contributed by atoms with Crippen LogP contribution < -0.4 is 0 Å². The van der Waals surface area contributed by atoms with Crippen molar-refractivity contribution in [2.75, 3.05) is 6.54 Å². The molecule has 166 valence electrons. The molecule has 0 saturated heterocycles. The number of oxazole rings is 1. The molecule has 2 aliphatic rings. The Labute approximate surface area is 179 Å². The Bertz CT molecular complexity index is 1290. The number of pyridine rings is 1. The molecule has 0 bridgehead atoms. The van der Waals surface area contributed by atoms with Gasteiger partial charge in [-0.3, -0.25) is 4.90 Å². The number of aliphatic hydroxyl groups is 1. The summed E-state index contributed by atoms with van der Waals surface area (Å²) in [6, 6.07) is 3.11. The second-order valence-corrected chi connectivity index (χ2v) is 8.23. The van der Waals surface area contributed by atoms with Crippen molar-refractivity contribution in [3.05, 3.63) is 71.2 Å². The van der Waals surface area contributed by atoms with Crippen LogP contribution in [0.15, 0.2) is 41.5 Å². The zero-order valence-electron chi connectivity index (χ0n) is 16.8. The normalized spacial score (nSPS) is 20.6. The lowest BCUT2D eigenvalue weighted by Crippen LogP contribution is -2.39. The molecule has 8 nitrogen and oxygen atoms in total. The van der Waals surface area contributed by atoms with Crippen molar-refractivity contribution in [3.8, 4) is 0 Å². The maximum atomic E-state index is 13.5. The number of halogens is 3. The molecule has 2 atom stereocenters. The first-order chi connectivity index (χ1) is 15.4. The Morgan fingerprint density at radius 2 is 2.06 bits per heavy atom. The van der Waals surface area contributed by atoms with Crippen LogP contribution in [0.4, 0.5) is 13.2 Å². The lowest BCUT2D eigenvalue weighted by molar-refractivity contribution is -0.136. The topological polar surface area (TPSA) is 95.5 Å². The largest absolute Gasteiger partial charge is 0.444 e. The van der Waals surface area contributed by atoms with E-state index < -0.39 is 24.0 Å². The molecule has 1 aliphatic heterocycles. The number of fused-ring (bicyclic) bond motifs is 2. The number of nitrogens with one attached hydrogen (secondary N) is 1. The highest BCUT2D eigenvalue weighted by Gasteiger charge is 2.41.